The molecule has 0 radical (unpaired) electrons. The van der Waals surface area contributed by atoms with Crippen LogP contribution in [0.3, 0.4) is 0 Å². The van der Waals surface area contributed by atoms with Crippen LogP contribution in [0.15, 0.2) is 24.3 Å². The molecule has 1 amide bonds. The minimum Gasteiger partial charge on any atom is -0.481 e. The van der Waals surface area contributed by atoms with Crippen molar-refractivity contribution in [3.05, 3.63) is 29.8 Å². The number of carbonyl (C=O) groups is 2. The summed E-state index contributed by atoms with van der Waals surface area (Å²) in [4.78, 5) is 25.0. The molecule has 0 aliphatic heterocycles. The Morgan fingerprint density at radius 1 is 1.21 bits per heavy atom. The van der Waals surface area contributed by atoms with E-state index in [1.807, 2.05) is 31.2 Å². The average molecular weight is 261 g/mol. The molecule has 1 aliphatic rings. The van der Waals surface area contributed by atoms with E-state index in [0.29, 0.717) is 19.3 Å². The summed E-state index contributed by atoms with van der Waals surface area (Å²) in [7, 11) is 1.76. The van der Waals surface area contributed by atoms with E-state index in [9.17, 15) is 9.59 Å². The number of aryl methyl sites for hydroxylation is 1. The molecule has 0 bridgehead atoms. The summed E-state index contributed by atoms with van der Waals surface area (Å²) < 4.78 is 0. The van der Waals surface area contributed by atoms with Gasteiger partial charge >= 0.3 is 5.97 Å². The molecule has 1 saturated carbocycles. The van der Waals surface area contributed by atoms with Crippen LogP contribution in [0.5, 0.6) is 0 Å². The van der Waals surface area contributed by atoms with Crippen LogP contribution >= 0.6 is 0 Å². The lowest BCUT2D eigenvalue weighted by Crippen LogP contribution is -2.32. The highest BCUT2D eigenvalue weighted by Gasteiger charge is 2.35. The van der Waals surface area contributed by atoms with Gasteiger partial charge in [-0.25, -0.2) is 0 Å². The summed E-state index contributed by atoms with van der Waals surface area (Å²) in [6.07, 6.45) is 1.74. The molecular formula is C15H19NO3. The molecular weight excluding hydrogens is 242 g/mol. The van der Waals surface area contributed by atoms with Crippen molar-refractivity contribution in [1.82, 2.24) is 0 Å². The summed E-state index contributed by atoms with van der Waals surface area (Å²) in [6, 6.07) is 7.72. The van der Waals surface area contributed by atoms with E-state index in [4.69, 9.17) is 5.11 Å². The summed E-state index contributed by atoms with van der Waals surface area (Å²) in [5, 5.41) is 8.99. The molecule has 2 rings (SSSR count). The minimum atomic E-state index is -0.783. The van der Waals surface area contributed by atoms with Gasteiger partial charge in [0.2, 0.25) is 5.91 Å². The van der Waals surface area contributed by atoms with E-state index in [1.165, 1.54) is 0 Å². The summed E-state index contributed by atoms with van der Waals surface area (Å²) in [5.41, 5.74) is 1.94. The highest BCUT2D eigenvalue weighted by molar-refractivity contribution is 5.95. The summed E-state index contributed by atoms with van der Waals surface area (Å²) in [6.45, 7) is 1.97. The Labute approximate surface area is 113 Å². The lowest BCUT2D eigenvalue weighted by molar-refractivity contribution is -0.141. The lowest BCUT2D eigenvalue weighted by Gasteiger charge is -2.22. The quantitative estimate of drug-likeness (QED) is 0.909. The molecule has 1 aromatic carbocycles. The maximum absolute atomic E-state index is 12.4. The number of carboxylic acid groups (broad SMARTS) is 1. The van der Waals surface area contributed by atoms with Crippen molar-refractivity contribution in [2.24, 2.45) is 11.8 Å². The lowest BCUT2D eigenvalue weighted by atomic mass is 10.0. The number of hydrogen-bond acceptors (Lipinski definition) is 2. The van der Waals surface area contributed by atoms with E-state index in [0.717, 1.165) is 11.3 Å². The molecule has 0 saturated heterocycles. The number of rotatable bonds is 3. The first-order valence-corrected chi connectivity index (χ1v) is 6.56. The van der Waals surface area contributed by atoms with Crippen LogP contribution in [-0.2, 0) is 9.59 Å². The predicted molar refractivity (Wildman–Crippen MR) is 73.1 cm³/mol. The number of benzene rings is 1. The van der Waals surface area contributed by atoms with Gasteiger partial charge in [0.1, 0.15) is 0 Å². The number of carbonyl (C=O) groups excluding carboxylic acids is 1. The van der Waals surface area contributed by atoms with Gasteiger partial charge < -0.3 is 10.0 Å². The number of amides is 1. The Morgan fingerprint density at radius 3 is 2.42 bits per heavy atom. The number of hydrogen-bond donors (Lipinski definition) is 1. The first kappa shape index (κ1) is 13.6. The minimum absolute atomic E-state index is 0.0260. The van der Waals surface area contributed by atoms with Crippen LogP contribution in [0.25, 0.3) is 0 Å². The fourth-order valence-corrected chi connectivity index (χ4v) is 2.76. The molecule has 2 atom stereocenters. The van der Waals surface area contributed by atoms with Gasteiger partial charge in [0.25, 0.3) is 0 Å². The SMILES string of the molecule is Cc1ccccc1N(C)C(=O)[C@@H]1CC[C@H](C(=O)O)C1. The van der Waals surface area contributed by atoms with Crippen molar-refractivity contribution < 1.29 is 14.7 Å². The summed E-state index contributed by atoms with van der Waals surface area (Å²) >= 11 is 0. The molecule has 0 heterocycles. The van der Waals surface area contributed by atoms with Crippen LogP contribution in [0.2, 0.25) is 0 Å². The Kier molecular flexibility index (Phi) is 3.88. The fraction of sp³-hybridized carbons (Fsp3) is 0.467. The van der Waals surface area contributed by atoms with Gasteiger partial charge in [0, 0.05) is 18.7 Å². The second-order valence-electron chi connectivity index (χ2n) is 5.23. The fourth-order valence-electron chi connectivity index (χ4n) is 2.76. The van der Waals surface area contributed by atoms with Crippen LogP contribution in [-0.4, -0.2) is 24.0 Å². The first-order valence-electron chi connectivity index (χ1n) is 6.56. The van der Waals surface area contributed by atoms with Crippen molar-refractivity contribution in [2.45, 2.75) is 26.2 Å². The first-order chi connectivity index (χ1) is 9.00. The molecule has 0 unspecified atom stereocenters. The van der Waals surface area contributed by atoms with E-state index in [-0.39, 0.29) is 17.7 Å². The molecule has 19 heavy (non-hydrogen) atoms. The Balaban J connectivity index is 2.09. The van der Waals surface area contributed by atoms with Gasteiger partial charge in [-0.05, 0) is 37.8 Å². The maximum atomic E-state index is 12.4. The molecule has 1 aliphatic carbocycles. The number of para-hydroxylation sites is 1. The Bertz CT molecular complexity index is 498. The van der Waals surface area contributed by atoms with Gasteiger partial charge in [-0.2, -0.15) is 0 Å². The van der Waals surface area contributed by atoms with Gasteiger partial charge in [0.15, 0.2) is 0 Å². The van der Waals surface area contributed by atoms with Gasteiger partial charge in [-0.3, -0.25) is 9.59 Å². The molecule has 4 nitrogen and oxygen atoms in total. The molecule has 4 heteroatoms. The molecule has 1 fully saturated rings. The van der Waals surface area contributed by atoms with E-state index < -0.39 is 5.97 Å². The average Bonchev–Trinajstić information content (AvgIpc) is 2.87. The second-order valence-corrected chi connectivity index (χ2v) is 5.23. The molecule has 1 N–H and O–H groups in total. The number of carboxylic acids is 1. The zero-order chi connectivity index (χ0) is 14.0. The smallest absolute Gasteiger partial charge is 0.306 e. The largest absolute Gasteiger partial charge is 0.481 e. The third kappa shape index (κ3) is 2.78. The normalized spacial score (nSPS) is 22.2. The van der Waals surface area contributed by atoms with Gasteiger partial charge in [-0.15, -0.1) is 0 Å². The number of anilines is 1. The maximum Gasteiger partial charge on any atom is 0.306 e. The van der Waals surface area contributed by atoms with Gasteiger partial charge in [0.05, 0.1) is 5.92 Å². The van der Waals surface area contributed by atoms with Crippen LogP contribution in [0.4, 0.5) is 5.69 Å². The zero-order valence-electron chi connectivity index (χ0n) is 11.3. The highest BCUT2D eigenvalue weighted by Crippen LogP contribution is 2.33. The third-order valence-electron chi connectivity index (χ3n) is 3.94. The van der Waals surface area contributed by atoms with Gasteiger partial charge in [-0.1, -0.05) is 18.2 Å². The van der Waals surface area contributed by atoms with Crippen molar-refractivity contribution in [3.8, 4) is 0 Å². The second kappa shape index (κ2) is 5.43. The van der Waals surface area contributed by atoms with E-state index in [1.54, 1.807) is 11.9 Å². The molecule has 0 aromatic heterocycles. The molecule has 102 valence electrons. The third-order valence-corrected chi connectivity index (χ3v) is 3.94. The van der Waals surface area contributed by atoms with E-state index >= 15 is 0 Å². The Hall–Kier alpha value is -1.84. The van der Waals surface area contributed by atoms with Crippen molar-refractivity contribution in [2.75, 3.05) is 11.9 Å². The highest BCUT2D eigenvalue weighted by atomic mass is 16.4. The van der Waals surface area contributed by atoms with Crippen LogP contribution in [0.1, 0.15) is 24.8 Å². The van der Waals surface area contributed by atoms with Crippen molar-refractivity contribution in [3.63, 3.8) is 0 Å². The standard InChI is InChI=1S/C15H19NO3/c1-10-5-3-4-6-13(10)16(2)14(17)11-7-8-12(9-11)15(18)19/h3-6,11-12H,7-9H2,1-2H3,(H,18,19)/t11-,12+/m1/s1. The molecule has 0 spiro atoms. The van der Waals surface area contributed by atoms with Crippen LogP contribution in [0, 0.1) is 18.8 Å². The van der Waals surface area contributed by atoms with Crippen molar-refractivity contribution in [1.29, 1.82) is 0 Å². The Morgan fingerprint density at radius 2 is 1.84 bits per heavy atom. The monoisotopic (exact) mass is 261 g/mol. The molecule has 1 aromatic rings. The summed E-state index contributed by atoms with van der Waals surface area (Å²) in [5.74, 6) is -1.28. The van der Waals surface area contributed by atoms with Crippen molar-refractivity contribution >= 4 is 17.6 Å². The number of nitrogens with zero attached hydrogens (tertiary/aromatic N) is 1. The predicted octanol–water partition coefficient (Wildman–Crippen LogP) is 2.46. The van der Waals surface area contributed by atoms with E-state index in [2.05, 4.69) is 0 Å². The number of aliphatic carboxylic acids is 1. The van der Waals surface area contributed by atoms with Crippen LogP contribution < -0.4 is 4.90 Å². The topological polar surface area (TPSA) is 57.6 Å². The zero-order valence-corrected chi connectivity index (χ0v) is 11.3.